The smallest absolute Gasteiger partial charge is 0.110 e. The minimum absolute atomic E-state index is 0.0514. The quantitative estimate of drug-likeness (QED) is 0.654. The van der Waals surface area contributed by atoms with Gasteiger partial charge in [0.15, 0.2) is 0 Å². The lowest BCUT2D eigenvalue weighted by Gasteiger charge is -2.10. The van der Waals surface area contributed by atoms with Crippen molar-refractivity contribution in [2.24, 2.45) is 9.98 Å². The van der Waals surface area contributed by atoms with Crippen LogP contribution in [0, 0.1) is 0 Å². The average Bonchev–Trinajstić information content (AvgIpc) is 3.00. The maximum absolute atomic E-state index is 8.69. The van der Waals surface area contributed by atoms with Gasteiger partial charge in [-0.05, 0) is 48.8 Å². The van der Waals surface area contributed by atoms with Crippen molar-refractivity contribution in [3.05, 3.63) is 51.8 Å². The van der Waals surface area contributed by atoms with Crippen molar-refractivity contribution in [3.63, 3.8) is 0 Å². The molecule has 1 aromatic rings. The highest BCUT2D eigenvalue weighted by molar-refractivity contribution is 7.13. The molecule has 0 radical (unpaired) electrons. The van der Waals surface area contributed by atoms with Crippen LogP contribution in [0.15, 0.2) is 52.0 Å². The van der Waals surface area contributed by atoms with Gasteiger partial charge in [0.05, 0.1) is 18.9 Å². The summed E-state index contributed by atoms with van der Waals surface area (Å²) in [6.45, 7) is 4.63. The number of aliphatic hydroxyl groups is 1. The summed E-state index contributed by atoms with van der Waals surface area (Å²) in [4.78, 5) is 11.0. The summed E-state index contributed by atoms with van der Waals surface area (Å²) < 4.78 is 0. The van der Waals surface area contributed by atoms with Gasteiger partial charge in [-0.15, -0.1) is 11.3 Å². The number of nitrogens with zero attached hydrogens (tertiary/aromatic N) is 2. The number of aryl methyl sites for hydroxylation is 1. The van der Waals surface area contributed by atoms with Crippen LogP contribution in [0.4, 0.5) is 0 Å². The zero-order valence-corrected chi connectivity index (χ0v) is 13.2. The Kier molecular flexibility index (Phi) is 5.84. The number of aliphatic imine (C=N–C) groups is 2. The molecule has 0 atom stereocenters. The monoisotopic (exact) mass is 300 g/mol. The first-order chi connectivity index (χ1) is 10.3. The highest BCUT2D eigenvalue weighted by Gasteiger charge is 2.10. The van der Waals surface area contributed by atoms with E-state index in [4.69, 9.17) is 5.11 Å². The summed E-state index contributed by atoms with van der Waals surface area (Å²) >= 11 is 1.84. The molecule has 0 saturated carbocycles. The van der Waals surface area contributed by atoms with Crippen LogP contribution in [0.5, 0.6) is 0 Å². The second-order valence-corrected chi connectivity index (χ2v) is 5.72. The lowest BCUT2D eigenvalue weighted by molar-refractivity contribution is 0.307. The number of hydrogen-bond donors (Lipinski definition) is 1. The van der Waals surface area contributed by atoms with Crippen molar-refractivity contribution >= 4 is 29.0 Å². The third kappa shape index (κ3) is 4.09. The second kappa shape index (κ2) is 7.86. The summed E-state index contributed by atoms with van der Waals surface area (Å²) in [5.41, 5.74) is 3.21. The van der Waals surface area contributed by atoms with Gasteiger partial charge in [-0.3, -0.25) is 4.99 Å². The Hall–Kier alpha value is -1.78. The van der Waals surface area contributed by atoms with Crippen LogP contribution in [-0.2, 0) is 6.42 Å². The summed E-state index contributed by atoms with van der Waals surface area (Å²) in [5, 5.41) is 8.69. The number of thiophene rings is 1. The number of rotatable bonds is 5. The van der Waals surface area contributed by atoms with E-state index in [2.05, 4.69) is 47.3 Å². The Balaban J connectivity index is 2.19. The molecule has 0 bridgehead atoms. The lowest BCUT2D eigenvalue weighted by atomic mass is 9.99. The zero-order chi connectivity index (χ0) is 15.1. The molecule has 21 heavy (non-hydrogen) atoms. The molecule has 1 heterocycles. The number of hydrogen-bond acceptors (Lipinski definition) is 3. The van der Waals surface area contributed by atoms with E-state index in [0.29, 0.717) is 6.54 Å². The van der Waals surface area contributed by atoms with Crippen molar-refractivity contribution < 1.29 is 5.11 Å². The van der Waals surface area contributed by atoms with Crippen LogP contribution in [0.25, 0.3) is 5.57 Å². The second-order valence-electron chi connectivity index (χ2n) is 4.56. The van der Waals surface area contributed by atoms with E-state index < -0.39 is 0 Å². The molecule has 0 spiro atoms. The molecule has 0 aromatic carbocycles. The van der Waals surface area contributed by atoms with Gasteiger partial charge in [-0.25, -0.2) is 4.99 Å². The van der Waals surface area contributed by atoms with Crippen molar-refractivity contribution in [3.8, 4) is 0 Å². The molecule has 0 unspecified atom stereocenters. The fourth-order valence-electron chi connectivity index (χ4n) is 2.00. The molecule has 2 rings (SSSR count). The number of allylic oxidation sites excluding steroid dienone is 6. The fraction of sp³-hybridized carbons (Fsp3) is 0.294. The first-order valence-electron chi connectivity index (χ1n) is 7.11. The van der Waals surface area contributed by atoms with Crippen LogP contribution in [-0.4, -0.2) is 30.3 Å². The minimum atomic E-state index is 0.0514. The topological polar surface area (TPSA) is 45.0 Å². The largest absolute Gasteiger partial charge is 0.394 e. The Labute approximate surface area is 129 Å². The van der Waals surface area contributed by atoms with Gasteiger partial charge in [0, 0.05) is 9.75 Å². The normalized spacial score (nSPS) is 18.9. The summed E-state index contributed by atoms with van der Waals surface area (Å²) in [7, 11) is 0. The Morgan fingerprint density at radius 3 is 2.81 bits per heavy atom. The predicted molar refractivity (Wildman–Crippen MR) is 92.5 cm³/mol. The fourth-order valence-corrected chi connectivity index (χ4v) is 2.94. The van der Waals surface area contributed by atoms with Crippen LogP contribution in [0.1, 0.15) is 23.6 Å². The van der Waals surface area contributed by atoms with Gasteiger partial charge in [-0.1, -0.05) is 19.1 Å². The van der Waals surface area contributed by atoms with Crippen LogP contribution in [0.3, 0.4) is 0 Å². The first kappa shape index (κ1) is 15.6. The average molecular weight is 300 g/mol. The zero-order valence-electron chi connectivity index (χ0n) is 12.4. The Morgan fingerprint density at radius 1 is 1.29 bits per heavy atom. The summed E-state index contributed by atoms with van der Waals surface area (Å²) in [5.74, 6) is 0. The van der Waals surface area contributed by atoms with Crippen molar-refractivity contribution in [1.82, 2.24) is 0 Å². The molecule has 1 aliphatic rings. The third-order valence-electron chi connectivity index (χ3n) is 3.14. The molecule has 0 amide bonds. The third-order valence-corrected chi connectivity index (χ3v) is 4.42. The molecule has 1 N–H and O–H groups in total. The molecule has 1 aromatic heterocycles. The molecule has 3 nitrogen and oxygen atoms in total. The summed E-state index contributed by atoms with van der Waals surface area (Å²) in [6.07, 6.45) is 10.9. The maximum atomic E-state index is 8.69. The van der Waals surface area contributed by atoms with Gasteiger partial charge in [0.25, 0.3) is 0 Å². The van der Waals surface area contributed by atoms with Crippen LogP contribution >= 0.6 is 11.3 Å². The molecule has 110 valence electrons. The molecule has 0 aliphatic heterocycles. The van der Waals surface area contributed by atoms with E-state index in [9.17, 15) is 0 Å². The van der Waals surface area contributed by atoms with E-state index in [1.54, 1.807) is 0 Å². The summed E-state index contributed by atoms with van der Waals surface area (Å²) in [6, 6.07) is 4.37. The molecule has 0 saturated heterocycles. The minimum Gasteiger partial charge on any atom is -0.394 e. The molecule has 0 fully saturated rings. The first-order valence-corrected chi connectivity index (χ1v) is 7.92. The van der Waals surface area contributed by atoms with Gasteiger partial charge < -0.3 is 5.11 Å². The maximum Gasteiger partial charge on any atom is 0.110 e. The van der Waals surface area contributed by atoms with E-state index in [1.165, 1.54) is 21.7 Å². The standard InChI is InChI=1S/C17H20N2OS/c1-3-13-11-14(17-8-6-15(4-2)21-17)5-7-16(13)19-12-18-9-10-20/h3,5-8,11-12,20H,4,9-10H2,1-2H3/b13-3+,18-12?,19-16?. The van der Waals surface area contributed by atoms with Crippen LogP contribution in [0.2, 0.25) is 0 Å². The van der Waals surface area contributed by atoms with Gasteiger partial charge >= 0.3 is 0 Å². The van der Waals surface area contributed by atoms with E-state index in [0.717, 1.165) is 17.7 Å². The highest BCUT2D eigenvalue weighted by Crippen LogP contribution is 2.29. The molecule has 4 heteroatoms. The van der Waals surface area contributed by atoms with Crippen molar-refractivity contribution in [1.29, 1.82) is 0 Å². The Bertz CT molecular complexity index is 633. The predicted octanol–water partition coefficient (Wildman–Crippen LogP) is 3.67. The van der Waals surface area contributed by atoms with Crippen molar-refractivity contribution in [2.45, 2.75) is 20.3 Å². The Morgan fingerprint density at radius 2 is 2.14 bits per heavy atom. The van der Waals surface area contributed by atoms with Crippen LogP contribution < -0.4 is 0 Å². The highest BCUT2D eigenvalue weighted by atomic mass is 32.1. The van der Waals surface area contributed by atoms with Gasteiger partial charge in [0.1, 0.15) is 6.34 Å². The van der Waals surface area contributed by atoms with E-state index in [1.807, 2.05) is 24.3 Å². The molecule has 1 aliphatic carbocycles. The van der Waals surface area contributed by atoms with Gasteiger partial charge in [0.2, 0.25) is 0 Å². The molecular weight excluding hydrogens is 280 g/mol. The SMILES string of the molecule is C/C=C1\C=C(c2ccc(CC)s2)C=CC1=NC=NCCO. The lowest BCUT2D eigenvalue weighted by Crippen LogP contribution is -2.02. The van der Waals surface area contributed by atoms with Gasteiger partial charge in [-0.2, -0.15) is 0 Å². The van der Waals surface area contributed by atoms with E-state index in [-0.39, 0.29) is 6.61 Å². The van der Waals surface area contributed by atoms with Crippen molar-refractivity contribution in [2.75, 3.05) is 13.2 Å². The molecular formula is C17H20N2OS. The number of aliphatic hydroxyl groups excluding tert-OH is 1. The van der Waals surface area contributed by atoms with E-state index >= 15 is 0 Å².